The van der Waals surface area contributed by atoms with E-state index in [9.17, 15) is 4.79 Å². The van der Waals surface area contributed by atoms with Crippen LogP contribution in [0, 0.1) is 0 Å². The Labute approximate surface area is 140 Å². The zero-order valence-corrected chi connectivity index (χ0v) is 13.9. The predicted octanol–water partition coefficient (Wildman–Crippen LogP) is 2.90. The molecule has 0 aliphatic heterocycles. The fraction of sp³-hybridized carbons (Fsp3) is 0.235. The minimum Gasteiger partial charge on any atom is -0.396 e. The van der Waals surface area contributed by atoms with Gasteiger partial charge in [-0.05, 0) is 36.2 Å². The number of hydrogen-bond acceptors (Lipinski definition) is 4. The molecule has 0 atom stereocenters. The number of aliphatic hydroxyl groups excluding tert-OH is 1. The number of nitrogens with one attached hydrogen (secondary N) is 1. The summed E-state index contributed by atoms with van der Waals surface area (Å²) in [4.78, 5) is 13.5. The van der Waals surface area contributed by atoms with Gasteiger partial charge in [-0.15, -0.1) is 0 Å². The first-order valence-electron chi connectivity index (χ1n) is 7.20. The van der Waals surface area contributed by atoms with Gasteiger partial charge < -0.3 is 21.1 Å². The number of aliphatic hydroxyl groups is 1. The fourth-order valence-electron chi connectivity index (χ4n) is 2.15. The highest BCUT2D eigenvalue weighted by Gasteiger charge is 2.16. The SMILES string of the molecule is CN(C)C(=O)c1ccc(Nc2ccc(CCO)cc2)c(N)c1Cl. The molecule has 0 saturated heterocycles. The maximum atomic E-state index is 12.0. The molecule has 1 amide bonds. The zero-order valence-electron chi connectivity index (χ0n) is 13.1. The van der Waals surface area contributed by atoms with Crippen LogP contribution >= 0.6 is 11.6 Å². The average molecular weight is 334 g/mol. The first-order chi connectivity index (χ1) is 10.9. The monoisotopic (exact) mass is 333 g/mol. The first kappa shape index (κ1) is 17.1. The van der Waals surface area contributed by atoms with E-state index < -0.39 is 0 Å². The Kier molecular flexibility index (Phi) is 5.47. The minimum absolute atomic E-state index is 0.122. The number of benzene rings is 2. The molecule has 2 rings (SSSR count). The van der Waals surface area contributed by atoms with Gasteiger partial charge in [0.2, 0.25) is 0 Å². The van der Waals surface area contributed by atoms with E-state index in [0.717, 1.165) is 11.3 Å². The van der Waals surface area contributed by atoms with Crippen LogP contribution in [0.15, 0.2) is 36.4 Å². The van der Waals surface area contributed by atoms with Crippen LogP contribution in [0.5, 0.6) is 0 Å². The van der Waals surface area contributed by atoms with Gasteiger partial charge in [0.25, 0.3) is 5.91 Å². The second-order valence-corrected chi connectivity index (χ2v) is 5.76. The highest BCUT2D eigenvalue weighted by Crippen LogP contribution is 2.33. The molecule has 0 aliphatic rings. The Bertz CT molecular complexity index is 700. The van der Waals surface area contributed by atoms with Crippen LogP contribution in [0.25, 0.3) is 0 Å². The van der Waals surface area contributed by atoms with Crippen molar-refractivity contribution in [1.82, 2.24) is 4.90 Å². The van der Waals surface area contributed by atoms with E-state index in [0.29, 0.717) is 23.4 Å². The molecule has 0 bridgehead atoms. The second kappa shape index (κ2) is 7.35. The van der Waals surface area contributed by atoms with Gasteiger partial charge in [0.15, 0.2) is 0 Å². The van der Waals surface area contributed by atoms with Gasteiger partial charge in [0, 0.05) is 26.4 Å². The molecule has 0 radical (unpaired) electrons. The van der Waals surface area contributed by atoms with Gasteiger partial charge in [0.05, 0.1) is 22.0 Å². The largest absolute Gasteiger partial charge is 0.396 e. The molecule has 0 unspecified atom stereocenters. The maximum absolute atomic E-state index is 12.0. The third-order valence-electron chi connectivity index (χ3n) is 3.45. The molecule has 4 N–H and O–H groups in total. The fourth-order valence-corrected chi connectivity index (χ4v) is 2.39. The standard InChI is InChI=1S/C17H20ClN3O2/c1-21(2)17(23)13-7-8-14(16(19)15(13)18)20-12-5-3-11(4-6-12)9-10-22/h3-8,20,22H,9-10,19H2,1-2H3. The normalized spacial score (nSPS) is 10.4. The Hall–Kier alpha value is -2.24. The van der Waals surface area contributed by atoms with Crippen LogP contribution in [0.2, 0.25) is 5.02 Å². The average Bonchev–Trinajstić information content (AvgIpc) is 2.53. The smallest absolute Gasteiger partial charge is 0.254 e. The summed E-state index contributed by atoms with van der Waals surface area (Å²) in [5, 5.41) is 12.3. The number of nitrogens with two attached hydrogens (primary N) is 1. The number of anilines is 3. The number of halogens is 1. The van der Waals surface area contributed by atoms with Crippen molar-refractivity contribution < 1.29 is 9.90 Å². The maximum Gasteiger partial charge on any atom is 0.254 e. The molecule has 6 heteroatoms. The summed E-state index contributed by atoms with van der Waals surface area (Å²) >= 11 is 6.23. The molecular weight excluding hydrogens is 314 g/mol. The third kappa shape index (κ3) is 3.94. The highest BCUT2D eigenvalue weighted by molar-refractivity contribution is 6.37. The lowest BCUT2D eigenvalue weighted by Crippen LogP contribution is -2.22. The van der Waals surface area contributed by atoms with E-state index >= 15 is 0 Å². The van der Waals surface area contributed by atoms with Crippen LogP contribution in [0.1, 0.15) is 15.9 Å². The second-order valence-electron chi connectivity index (χ2n) is 5.38. The number of rotatable bonds is 5. The van der Waals surface area contributed by atoms with Crippen molar-refractivity contribution >= 4 is 34.6 Å². The van der Waals surface area contributed by atoms with E-state index in [-0.39, 0.29) is 17.5 Å². The van der Waals surface area contributed by atoms with Crippen LogP contribution in [0.3, 0.4) is 0 Å². The van der Waals surface area contributed by atoms with Crippen molar-refractivity contribution in [3.05, 3.63) is 52.5 Å². The highest BCUT2D eigenvalue weighted by atomic mass is 35.5. The van der Waals surface area contributed by atoms with Gasteiger partial charge in [0.1, 0.15) is 0 Å². The number of amides is 1. The van der Waals surface area contributed by atoms with Crippen molar-refractivity contribution in [3.63, 3.8) is 0 Å². The van der Waals surface area contributed by atoms with Crippen LogP contribution in [-0.2, 0) is 6.42 Å². The lowest BCUT2D eigenvalue weighted by Gasteiger charge is -2.16. The van der Waals surface area contributed by atoms with Crippen LogP contribution in [-0.4, -0.2) is 36.6 Å². The quantitative estimate of drug-likeness (QED) is 0.735. The Balaban J connectivity index is 2.24. The van der Waals surface area contributed by atoms with Crippen molar-refractivity contribution in [2.75, 3.05) is 31.8 Å². The third-order valence-corrected chi connectivity index (χ3v) is 3.86. The van der Waals surface area contributed by atoms with E-state index in [1.807, 2.05) is 24.3 Å². The molecule has 5 nitrogen and oxygen atoms in total. The Morgan fingerprint density at radius 3 is 2.43 bits per heavy atom. The molecule has 2 aromatic rings. The first-order valence-corrected chi connectivity index (χ1v) is 7.58. The lowest BCUT2D eigenvalue weighted by atomic mass is 10.1. The van der Waals surface area contributed by atoms with E-state index in [4.69, 9.17) is 22.4 Å². The zero-order chi connectivity index (χ0) is 17.0. The van der Waals surface area contributed by atoms with Gasteiger partial charge >= 0.3 is 0 Å². The van der Waals surface area contributed by atoms with E-state index in [2.05, 4.69) is 5.32 Å². The number of carbonyl (C=O) groups is 1. The topological polar surface area (TPSA) is 78.6 Å². The molecule has 0 aliphatic carbocycles. The van der Waals surface area contributed by atoms with Crippen molar-refractivity contribution in [2.24, 2.45) is 0 Å². The minimum atomic E-state index is -0.193. The van der Waals surface area contributed by atoms with Gasteiger partial charge in [-0.2, -0.15) is 0 Å². The molecule has 0 spiro atoms. The molecule has 122 valence electrons. The van der Waals surface area contributed by atoms with Crippen molar-refractivity contribution in [2.45, 2.75) is 6.42 Å². The predicted molar refractivity (Wildman–Crippen MR) is 94.4 cm³/mol. The summed E-state index contributed by atoms with van der Waals surface area (Å²) in [5.41, 5.74) is 9.29. The summed E-state index contributed by atoms with van der Waals surface area (Å²) in [6.45, 7) is 0.122. The summed E-state index contributed by atoms with van der Waals surface area (Å²) in [6, 6.07) is 11.1. The summed E-state index contributed by atoms with van der Waals surface area (Å²) in [5.74, 6) is -0.193. The summed E-state index contributed by atoms with van der Waals surface area (Å²) < 4.78 is 0. The van der Waals surface area contributed by atoms with Crippen molar-refractivity contribution in [1.29, 1.82) is 0 Å². The molecule has 2 aromatic carbocycles. The Morgan fingerprint density at radius 2 is 1.87 bits per heavy atom. The molecule has 0 saturated carbocycles. The van der Waals surface area contributed by atoms with Crippen LogP contribution < -0.4 is 11.1 Å². The number of hydrogen-bond donors (Lipinski definition) is 3. The molecular formula is C17H20ClN3O2. The van der Waals surface area contributed by atoms with Crippen LogP contribution in [0.4, 0.5) is 17.1 Å². The van der Waals surface area contributed by atoms with Crippen molar-refractivity contribution in [3.8, 4) is 0 Å². The summed E-state index contributed by atoms with van der Waals surface area (Å²) in [7, 11) is 3.32. The number of carbonyl (C=O) groups excluding carboxylic acids is 1. The molecule has 0 heterocycles. The lowest BCUT2D eigenvalue weighted by molar-refractivity contribution is 0.0828. The van der Waals surface area contributed by atoms with Gasteiger partial charge in [-0.3, -0.25) is 4.79 Å². The van der Waals surface area contributed by atoms with Gasteiger partial charge in [-0.1, -0.05) is 23.7 Å². The molecule has 0 aromatic heterocycles. The number of nitrogen functional groups attached to an aromatic ring is 1. The van der Waals surface area contributed by atoms with E-state index in [1.54, 1.807) is 26.2 Å². The van der Waals surface area contributed by atoms with Gasteiger partial charge in [-0.25, -0.2) is 0 Å². The van der Waals surface area contributed by atoms with E-state index in [1.165, 1.54) is 4.90 Å². The Morgan fingerprint density at radius 1 is 1.22 bits per heavy atom. The molecule has 0 fully saturated rings. The number of nitrogens with zero attached hydrogens (tertiary/aromatic N) is 1. The summed E-state index contributed by atoms with van der Waals surface area (Å²) in [6.07, 6.45) is 0.621. The molecule has 23 heavy (non-hydrogen) atoms.